The van der Waals surface area contributed by atoms with Gasteiger partial charge in [-0.25, -0.2) is 14.4 Å². The summed E-state index contributed by atoms with van der Waals surface area (Å²) in [6.07, 6.45) is 2.43. The zero-order valence-corrected chi connectivity index (χ0v) is 17.5. The van der Waals surface area contributed by atoms with Crippen molar-refractivity contribution in [1.29, 1.82) is 0 Å². The van der Waals surface area contributed by atoms with E-state index in [0.717, 1.165) is 44.7 Å². The highest BCUT2D eigenvalue weighted by Crippen LogP contribution is 2.33. The molecule has 9 heteroatoms. The average molecular weight is 426 g/mol. The van der Waals surface area contributed by atoms with Gasteiger partial charge in [-0.2, -0.15) is 0 Å². The van der Waals surface area contributed by atoms with E-state index in [2.05, 4.69) is 9.88 Å². The van der Waals surface area contributed by atoms with Crippen molar-refractivity contribution in [2.24, 2.45) is 0 Å². The Morgan fingerprint density at radius 1 is 1.20 bits per heavy atom. The molecule has 1 aliphatic heterocycles. The highest BCUT2D eigenvalue weighted by atomic mass is 32.1. The van der Waals surface area contributed by atoms with Gasteiger partial charge < -0.3 is 14.2 Å². The van der Waals surface area contributed by atoms with Gasteiger partial charge in [0.1, 0.15) is 11.0 Å². The number of thiophene rings is 1. The standard InChI is InChI=1S/C21H22N4O4S/c1-27-17-12-16-14(11-18(17)29-7-2-4-24-5-8-28-9-6-24)20-23-15-3-10-30-19(15)21(26)25(20)13-22-16/h3,10-13H,2,4-9H2,1H3. The fourth-order valence-corrected chi connectivity index (χ4v) is 4.51. The quantitative estimate of drug-likeness (QED) is 0.346. The molecule has 0 N–H and O–H groups in total. The molecular formula is C21H22N4O4S. The molecule has 4 heterocycles. The molecule has 8 nitrogen and oxygen atoms in total. The van der Waals surface area contributed by atoms with Crippen molar-refractivity contribution in [1.82, 2.24) is 19.3 Å². The molecule has 1 aromatic carbocycles. The van der Waals surface area contributed by atoms with Crippen LogP contribution in [0.4, 0.5) is 0 Å². The molecule has 0 unspecified atom stereocenters. The Bertz CT molecular complexity index is 1260. The van der Waals surface area contributed by atoms with Crippen LogP contribution < -0.4 is 15.0 Å². The summed E-state index contributed by atoms with van der Waals surface area (Å²) in [4.78, 5) is 24.3. The maximum atomic E-state index is 12.8. The van der Waals surface area contributed by atoms with Crippen LogP contribution in [0.1, 0.15) is 6.42 Å². The van der Waals surface area contributed by atoms with Gasteiger partial charge in [0.25, 0.3) is 5.56 Å². The fraction of sp³-hybridized carbons (Fsp3) is 0.381. The fourth-order valence-electron chi connectivity index (χ4n) is 3.74. The largest absolute Gasteiger partial charge is 0.493 e. The summed E-state index contributed by atoms with van der Waals surface area (Å²) in [7, 11) is 1.61. The summed E-state index contributed by atoms with van der Waals surface area (Å²) in [5, 5.41) is 2.63. The first-order valence-electron chi connectivity index (χ1n) is 9.94. The van der Waals surface area contributed by atoms with Gasteiger partial charge in [0, 0.05) is 31.1 Å². The maximum Gasteiger partial charge on any atom is 0.277 e. The van der Waals surface area contributed by atoms with Gasteiger partial charge in [-0.1, -0.05) is 0 Å². The van der Waals surface area contributed by atoms with Crippen molar-refractivity contribution >= 4 is 38.1 Å². The summed E-state index contributed by atoms with van der Waals surface area (Å²) in [6, 6.07) is 5.56. The van der Waals surface area contributed by atoms with Crippen LogP contribution in [0.5, 0.6) is 11.5 Å². The third-order valence-corrected chi connectivity index (χ3v) is 6.22. The molecule has 0 spiro atoms. The molecule has 4 aromatic rings. The Morgan fingerprint density at radius 2 is 2.07 bits per heavy atom. The van der Waals surface area contributed by atoms with Gasteiger partial charge in [0.15, 0.2) is 17.1 Å². The van der Waals surface area contributed by atoms with Crippen LogP contribution >= 0.6 is 11.3 Å². The average Bonchev–Trinajstić information content (AvgIpc) is 3.26. The maximum absolute atomic E-state index is 12.8. The molecule has 0 saturated carbocycles. The van der Waals surface area contributed by atoms with Crippen LogP contribution in [0.2, 0.25) is 0 Å². The Kier molecular flexibility index (Phi) is 5.24. The molecular weight excluding hydrogens is 404 g/mol. The zero-order chi connectivity index (χ0) is 20.5. The monoisotopic (exact) mass is 426 g/mol. The van der Waals surface area contributed by atoms with E-state index in [1.165, 1.54) is 22.1 Å². The predicted molar refractivity (Wildman–Crippen MR) is 116 cm³/mol. The molecule has 5 rings (SSSR count). The van der Waals surface area contributed by atoms with Gasteiger partial charge in [-0.15, -0.1) is 11.3 Å². The molecule has 3 aromatic heterocycles. The normalized spacial score (nSPS) is 15.2. The van der Waals surface area contributed by atoms with E-state index in [4.69, 9.17) is 19.2 Å². The number of nitrogens with zero attached hydrogens (tertiary/aromatic N) is 4. The SMILES string of the molecule is COc1cc2ncn3c(=O)c4sccc4nc3c2cc1OCCCN1CCOCC1. The Morgan fingerprint density at radius 3 is 2.90 bits per heavy atom. The molecule has 0 amide bonds. The van der Waals surface area contributed by atoms with Crippen molar-refractivity contribution in [2.75, 3.05) is 46.6 Å². The molecule has 0 bridgehead atoms. The van der Waals surface area contributed by atoms with E-state index in [-0.39, 0.29) is 5.56 Å². The zero-order valence-electron chi connectivity index (χ0n) is 16.7. The first-order valence-corrected chi connectivity index (χ1v) is 10.8. The lowest BCUT2D eigenvalue weighted by Gasteiger charge is -2.26. The van der Waals surface area contributed by atoms with Crippen molar-refractivity contribution in [3.05, 3.63) is 40.3 Å². The van der Waals surface area contributed by atoms with Crippen molar-refractivity contribution in [3.8, 4) is 11.5 Å². The number of fused-ring (bicyclic) bond motifs is 4. The lowest BCUT2D eigenvalue weighted by Crippen LogP contribution is -2.37. The summed E-state index contributed by atoms with van der Waals surface area (Å²) < 4.78 is 19.1. The molecule has 1 saturated heterocycles. The summed E-state index contributed by atoms with van der Waals surface area (Å²) in [5.41, 5.74) is 1.86. The summed E-state index contributed by atoms with van der Waals surface area (Å²) >= 11 is 1.39. The topological polar surface area (TPSA) is 78.2 Å². The van der Waals surface area contributed by atoms with Gasteiger partial charge in [-0.3, -0.25) is 9.69 Å². The number of rotatable bonds is 6. The predicted octanol–water partition coefficient (Wildman–Crippen LogP) is 2.57. The van der Waals surface area contributed by atoms with E-state index < -0.39 is 0 Å². The molecule has 1 fully saturated rings. The van der Waals surface area contributed by atoms with Gasteiger partial charge >= 0.3 is 0 Å². The van der Waals surface area contributed by atoms with Crippen molar-refractivity contribution < 1.29 is 14.2 Å². The molecule has 156 valence electrons. The second kappa shape index (κ2) is 8.17. The van der Waals surface area contributed by atoms with Crippen LogP contribution in [0.3, 0.4) is 0 Å². The minimum atomic E-state index is -0.108. The first-order chi connectivity index (χ1) is 14.7. The third-order valence-electron chi connectivity index (χ3n) is 5.33. The smallest absolute Gasteiger partial charge is 0.277 e. The van der Waals surface area contributed by atoms with E-state index >= 15 is 0 Å². The molecule has 0 atom stereocenters. The van der Waals surface area contributed by atoms with Gasteiger partial charge in [0.2, 0.25) is 0 Å². The summed E-state index contributed by atoms with van der Waals surface area (Å²) in [6.45, 7) is 5.06. The Labute approximate surface area is 176 Å². The third kappa shape index (κ3) is 3.49. The number of aromatic nitrogens is 3. The van der Waals surface area contributed by atoms with Crippen LogP contribution in [0, 0.1) is 0 Å². The highest BCUT2D eigenvalue weighted by molar-refractivity contribution is 7.17. The molecule has 30 heavy (non-hydrogen) atoms. The second-order valence-electron chi connectivity index (χ2n) is 7.17. The summed E-state index contributed by atoms with van der Waals surface area (Å²) in [5.74, 6) is 1.24. The number of methoxy groups -OCH3 is 1. The minimum Gasteiger partial charge on any atom is -0.493 e. The molecule has 0 aliphatic carbocycles. The number of hydrogen-bond donors (Lipinski definition) is 0. The minimum absolute atomic E-state index is 0.108. The second-order valence-corrected chi connectivity index (χ2v) is 8.08. The van der Waals surface area contributed by atoms with Crippen LogP contribution in [-0.4, -0.2) is 65.8 Å². The van der Waals surface area contributed by atoms with Crippen molar-refractivity contribution in [3.63, 3.8) is 0 Å². The lowest BCUT2D eigenvalue weighted by molar-refractivity contribution is 0.0357. The highest BCUT2D eigenvalue weighted by Gasteiger charge is 2.15. The lowest BCUT2D eigenvalue weighted by atomic mass is 10.2. The van der Waals surface area contributed by atoms with Crippen molar-refractivity contribution in [2.45, 2.75) is 6.42 Å². The Balaban J connectivity index is 1.47. The number of hydrogen-bond acceptors (Lipinski definition) is 8. The van der Waals surface area contributed by atoms with Crippen LogP contribution in [0.15, 0.2) is 34.7 Å². The first kappa shape index (κ1) is 19.2. The van der Waals surface area contributed by atoms with E-state index in [9.17, 15) is 4.79 Å². The van der Waals surface area contributed by atoms with Crippen LogP contribution in [-0.2, 0) is 4.74 Å². The number of morpholine rings is 1. The van der Waals surface area contributed by atoms with E-state index in [1.54, 1.807) is 7.11 Å². The number of benzene rings is 1. The van der Waals surface area contributed by atoms with Gasteiger partial charge in [0.05, 0.1) is 38.0 Å². The van der Waals surface area contributed by atoms with E-state index in [0.29, 0.717) is 39.5 Å². The number of ether oxygens (including phenoxy) is 3. The van der Waals surface area contributed by atoms with Crippen LogP contribution in [0.25, 0.3) is 26.8 Å². The van der Waals surface area contributed by atoms with E-state index in [1.807, 2.05) is 23.6 Å². The van der Waals surface area contributed by atoms with Gasteiger partial charge in [-0.05, 0) is 23.9 Å². The molecule has 0 radical (unpaired) electrons. The molecule has 1 aliphatic rings. The Hall–Kier alpha value is -2.75.